The first-order chi connectivity index (χ1) is 18.9. The first-order valence-electron chi connectivity index (χ1n) is 15.9. The highest BCUT2D eigenvalue weighted by atomic mass is 16.5. The summed E-state index contributed by atoms with van der Waals surface area (Å²) in [6.07, 6.45) is 27.2. The van der Waals surface area contributed by atoms with Gasteiger partial charge in [0.15, 0.2) is 0 Å². The number of ether oxygens (including phenoxy) is 2. The third-order valence-electron chi connectivity index (χ3n) is 7.49. The van der Waals surface area contributed by atoms with Crippen molar-refractivity contribution in [1.82, 2.24) is 0 Å². The summed E-state index contributed by atoms with van der Waals surface area (Å²) < 4.78 is 11.1. The van der Waals surface area contributed by atoms with Gasteiger partial charge in [0.05, 0.1) is 12.2 Å². The van der Waals surface area contributed by atoms with Gasteiger partial charge < -0.3 is 14.6 Å². The van der Waals surface area contributed by atoms with Crippen LogP contribution in [0.1, 0.15) is 136 Å². The molecule has 0 spiro atoms. The lowest BCUT2D eigenvalue weighted by atomic mass is 9.89. The van der Waals surface area contributed by atoms with Gasteiger partial charge in [-0.2, -0.15) is 0 Å². The molecule has 0 aromatic rings. The second kappa shape index (κ2) is 22.9. The zero-order valence-electron chi connectivity index (χ0n) is 25.3. The molecule has 39 heavy (non-hydrogen) atoms. The van der Waals surface area contributed by atoms with E-state index in [1.54, 1.807) is 0 Å². The van der Waals surface area contributed by atoms with Crippen LogP contribution in [0.15, 0.2) is 37.0 Å². The van der Waals surface area contributed by atoms with Crippen LogP contribution in [0.2, 0.25) is 0 Å². The Morgan fingerprint density at radius 3 is 2.21 bits per heavy atom. The smallest absolute Gasteiger partial charge is 0.306 e. The van der Waals surface area contributed by atoms with E-state index >= 15 is 0 Å². The van der Waals surface area contributed by atoms with Crippen LogP contribution >= 0.6 is 0 Å². The molecule has 0 saturated heterocycles. The molecular weight excluding hydrogens is 488 g/mol. The summed E-state index contributed by atoms with van der Waals surface area (Å²) in [4.78, 5) is 24.3. The van der Waals surface area contributed by atoms with Crippen molar-refractivity contribution in [3.05, 3.63) is 37.0 Å². The lowest BCUT2D eigenvalue weighted by molar-refractivity contribution is -0.150. The van der Waals surface area contributed by atoms with Crippen molar-refractivity contribution in [2.24, 2.45) is 11.8 Å². The number of esters is 2. The highest BCUT2D eigenvalue weighted by molar-refractivity contribution is 5.69. The Hall–Kier alpha value is -1.88. The van der Waals surface area contributed by atoms with E-state index in [1.165, 1.54) is 44.9 Å². The number of aliphatic hydroxyl groups excluding tert-OH is 1. The van der Waals surface area contributed by atoms with Crippen LogP contribution in [0.25, 0.3) is 0 Å². The van der Waals surface area contributed by atoms with Crippen LogP contribution < -0.4 is 0 Å². The number of aliphatic hydroxyl groups is 1. The molecular formula is C34H58O5. The first kappa shape index (κ1) is 35.1. The molecule has 1 saturated carbocycles. The number of carbonyl (C=O) groups is 2. The molecule has 1 aliphatic rings. The second-order valence-electron chi connectivity index (χ2n) is 11.4. The van der Waals surface area contributed by atoms with Gasteiger partial charge in [-0.25, -0.2) is 0 Å². The van der Waals surface area contributed by atoms with E-state index in [0.717, 1.165) is 51.4 Å². The van der Waals surface area contributed by atoms with Gasteiger partial charge in [0, 0.05) is 25.2 Å². The summed E-state index contributed by atoms with van der Waals surface area (Å²) in [5, 5.41) is 10.9. The molecule has 0 amide bonds. The quantitative estimate of drug-likeness (QED) is 0.0787. The van der Waals surface area contributed by atoms with Gasteiger partial charge in [0.2, 0.25) is 0 Å². The van der Waals surface area contributed by atoms with Crippen molar-refractivity contribution >= 4 is 11.9 Å². The van der Waals surface area contributed by atoms with Crippen LogP contribution in [0.4, 0.5) is 0 Å². The van der Waals surface area contributed by atoms with Crippen molar-refractivity contribution in [2.45, 2.75) is 155 Å². The summed E-state index contributed by atoms with van der Waals surface area (Å²) in [6, 6.07) is 0. The summed E-state index contributed by atoms with van der Waals surface area (Å²) in [7, 11) is 0. The first-order valence-corrected chi connectivity index (χ1v) is 15.9. The molecule has 5 nitrogen and oxygen atoms in total. The average molecular weight is 547 g/mol. The molecule has 1 N–H and O–H groups in total. The van der Waals surface area contributed by atoms with Gasteiger partial charge in [0.25, 0.3) is 0 Å². The molecule has 0 bridgehead atoms. The van der Waals surface area contributed by atoms with Crippen molar-refractivity contribution in [3.8, 4) is 0 Å². The Kier molecular flexibility index (Phi) is 20.6. The Morgan fingerprint density at radius 1 is 0.846 bits per heavy atom. The molecule has 0 unspecified atom stereocenters. The van der Waals surface area contributed by atoms with E-state index in [4.69, 9.17) is 9.47 Å². The predicted molar refractivity (Wildman–Crippen MR) is 161 cm³/mol. The van der Waals surface area contributed by atoms with Gasteiger partial charge >= 0.3 is 11.9 Å². The number of unbranched alkanes of at least 4 members (excludes halogenated alkanes) is 11. The maximum Gasteiger partial charge on any atom is 0.306 e. The lowest BCUT2D eigenvalue weighted by Crippen LogP contribution is -2.24. The fourth-order valence-corrected chi connectivity index (χ4v) is 5.30. The number of allylic oxidation sites excluding steroid dienone is 4. The highest BCUT2D eigenvalue weighted by Gasteiger charge is 2.42. The van der Waals surface area contributed by atoms with Crippen LogP contribution in [0.3, 0.4) is 0 Å². The Balaban J connectivity index is 2.55. The molecule has 0 heterocycles. The van der Waals surface area contributed by atoms with Gasteiger partial charge in [0.1, 0.15) is 6.10 Å². The number of hydrogen-bond acceptors (Lipinski definition) is 5. The summed E-state index contributed by atoms with van der Waals surface area (Å²) in [5.41, 5.74) is 0. The number of rotatable bonds is 23. The average Bonchev–Trinajstić information content (AvgIpc) is 3.17. The van der Waals surface area contributed by atoms with Gasteiger partial charge in [-0.15, -0.1) is 6.58 Å². The normalized spacial score (nSPS) is 21.3. The van der Waals surface area contributed by atoms with Crippen LogP contribution in [0, 0.1) is 11.8 Å². The van der Waals surface area contributed by atoms with Crippen molar-refractivity contribution < 1.29 is 24.2 Å². The molecule has 1 rings (SSSR count). The monoisotopic (exact) mass is 546 g/mol. The number of carbonyl (C=O) groups excluding carboxylic acids is 2. The van der Waals surface area contributed by atoms with Crippen molar-refractivity contribution in [3.63, 3.8) is 0 Å². The molecule has 0 aliphatic heterocycles. The maximum absolute atomic E-state index is 12.6. The van der Waals surface area contributed by atoms with E-state index in [9.17, 15) is 14.7 Å². The minimum Gasteiger partial charge on any atom is -0.463 e. The minimum absolute atomic E-state index is 0.0330. The molecule has 224 valence electrons. The second-order valence-corrected chi connectivity index (χ2v) is 11.4. The largest absolute Gasteiger partial charge is 0.463 e. The number of hydrogen-bond donors (Lipinski definition) is 1. The SMILES string of the molecule is C=CCCCCCCCCC(=O)O[C@@H]1C[C@H](O)[C@H](C/C=C\CCCC(=O)OC(C)C)[C@H]1/C=C/CCCCCC. The lowest BCUT2D eigenvalue weighted by Gasteiger charge is -2.22. The molecule has 0 aromatic carbocycles. The Labute approximate surface area is 239 Å². The van der Waals surface area contributed by atoms with E-state index in [1.807, 2.05) is 19.9 Å². The maximum atomic E-state index is 12.6. The molecule has 1 aliphatic carbocycles. The highest BCUT2D eigenvalue weighted by Crippen LogP contribution is 2.38. The van der Waals surface area contributed by atoms with E-state index in [2.05, 4.69) is 37.8 Å². The van der Waals surface area contributed by atoms with Crippen LogP contribution in [0.5, 0.6) is 0 Å². The van der Waals surface area contributed by atoms with Crippen LogP contribution in [-0.2, 0) is 19.1 Å². The van der Waals surface area contributed by atoms with Crippen molar-refractivity contribution in [2.75, 3.05) is 0 Å². The van der Waals surface area contributed by atoms with E-state index in [0.29, 0.717) is 19.3 Å². The predicted octanol–water partition coefficient (Wildman–Crippen LogP) is 8.80. The molecule has 0 radical (unpaired) electrons. The van der Waals surface area contributed by atoms with Crippen LogP contribution in [-0.4, -0.2) is 35.4 Å². The van der Waals surface area contributed by atoms with Crippen molar-refractivity contribution in [1.29, 1.82) is 0 Å². The standard InChI is InChI=1S/C34H58O5/c1-5-7-9-11-13-14-16-21-26-34(37)39-32-27-31(35)29(30(32)24-20-15-12-10-8-6-2)23-19-17-18-22-25-33(36)38-28(3)4/h5,17,19-20,24,28-32,35H,1,6-16,18,21-23,25-27H2,2-4H3/b19-17-,24-20+/t29-,30-,31+,32-/m1/s1. The molecule has 4 atom stereocenters. The zero-order chi connectivity index (χ0) is 28.7. The minimum atomic E-state index is -0.487. The fraction of sp³-hybridized carbons (Fsp3) is 0.765. The zero-order valence-corrected chi connectivity index (χ0v) is 25.3. The van der Waals surface area contributed by atoms with E-state index in [-0.39, 0.29) is 36.0 Å². The summed E-state index contributed by atoms with van der Waals surface area (Å²) in [5.74, 6) is -0.218. The molecule has 5 heteroatoms. The van der Waals surface area contributed by atoms with Gasteiger partial charge in [-0.05, 0) is 71.1 Å². The third-order valence-corrected chi connectivity index (χ3v) is 7.49. The topological polar surface area (TPSA) is 72.8 Å². The van der Waals surface area contributed by atoms with Gasteiger partial charge in [-0.3, -0.25) is 9.59 Å². The van der Waals surface area contributed by atoms with E-state index < -0.39 is 6.10 Å². The fourth-order valence-electron chi connectivity index (χ4n) is 5.30. The summed E-state index contributed by atoms with van der Waals surface area (Å²) >= 11 is 0. The summed E-state index contributed by atoms with van der Waals surface area (Å²) in [6.45, 7) is 9.70. The third kappa shape index (κ3) is 17.4. The molecule has 1 fully saturated rings. The Bertz CT molecular complexity index is 710. The Morgan fingerprint density at radius 2 is 1.49 bits per heavy atom. The van der Waals surface area contributed by atoms with Gasteiger partial charge in [-0.1, -0.05) is 82.2 Å². The molecule has 0 aromatic heterocycles.